The zero-order chi connectivity index (χ0) is 27.1. The summed E-state index contributed by atoms with van der Waals surface area (Å²) in [5.74, 6) is 1.39. The summed E-state index contributed by atoms with van der Waals surface area (Å²) in [6.07, 6.45) is 0.801. The molecule has 0 saturated carbocycles. The van der Waals surface area contributed by atoms with Gasteiger partial charge in [0.15, 0.2) is 0 Å². The molecule has 1 aromatic heterocycles. The number of halogens is 1. The number of carbonyl (C=O) groups excluding carboxylic acids is 1. The standard InChI is InChI=1S/C29H35ClN4O4.2CH4/c1-5-23-27(21-14-13-20(36-4)15-22(21)30)31-24(6-2)28(32-23)33-25-16-34(17-26(25)37-7-3)29(35)38-18-19-11-9-8-10-12-19;;/h8-15,25-26H,5-7,16-18H2,1-4H3,(H,32,33);2*1H4/t25-,26+;;/m1../s1. The summed E-state index contributed by atoms with van der Waals surface area (Å²) < 4.78 is 16.9. The highest BCUT2D eigenvalue weighted by molar-refractivity contribution is 6.33. The molecule has 4 rings (SSSR count). The van der Waals surface area contributed by atoms with Crippen molar-refractivity contribution in [2.75, 3.05) is 32.1 Å². The topological polar surface area (TPSA) is 85.8 Å². The number of anilines is 1. The predicted molar refractivity (Wildman–Crippen MR) is 162 cm³/mol. The summed E-state index contributed by atoms with van der Waals surface area (Å²) in [5, 5.41) is 4.10. The van der Waals surface area contributed by atoms with Gasteiger partial charge in [-0.1, -0.05) is 70.6 Å². The van der Waals surface area contributed by atoms with Gasteiger partial charge < -0.3 is 24.4 Å². The van der Waals surface area contributed by atoms with E-state index in [1.807, 2.05) is 63.2 Å². The molecular weight excluding hydrogens is 528 g/mol. The van der Waals surface area contributed by atoms with Gasteiger partial charge in [0.05, 0.1) is 47.9 Å². The predicted octanol–water partition coefficient (Wildman–Crippen LogP) is 7.04. The van der Waals surface area contributed by atoms with Gasteiger partial charge in [-0.2, -0.15) is 0 Å². The maximum Gasteiger partial charge on any atom is 0.410 e. The molecule has 218 valence electrons. The van der Waals surface area contributed by atoms with Crippen molar-refractivity contribution >= 4 is 23.5 Å². The fraction of sp³-hybridized carbons (Fsp3) is 0.452. The fourth-order valence-electron chi connectivity index (χ4n) is 4.57. The molecule has 1 fully saturated rings. The number of hydrogen-bond donors (Lipinski definition) is 1. The molecule has 0 aliphatic carbocycles. The molecule has 0 unspecified atom stereocenters. The van der Waals surface area contributed by atoms with E-state index in [2.05, 4.69) is 5.32 Å². The maximum atomic E-state index is 12.8. The van der Waals surface area contributed by atoms with Crippen molar-refractivity contribution < 1.29 is 19.0 Å². The van der Waals surface area contributed by atoms with Crippen molar-refractivity contribution in [3.05, 3.63) is 70.5 Å². The first-order valence-electron chi connectivity index (χ1n) is 13.0. The highest BCUT2D eigenvalue weighted by atomic mass is 35.5. The number of nitrogens with one attached hydrogen (secondary N) is 1. The molecule has 8 nitrogen and oxygen atoms in total. The first kappa shape index (κ1) is 32.8. The number of amides is 1. The van der Waals surface area contributed by atoms with Crippen LogP contribution in [0.3, 0.4) is 0 Å². The first-order chi connectivity index (χ1) is 18.5. The van der Waals surface area contributed by atoms with Gasteiger partial charge in [0.2, 0.25) is 0 Å². The second-order valence-corrected chi connectivity index (χ2v) is 9.46. The molecule has 2 atom stereocenters. The third kappa shape index (κ3) is 7.64. The van der Waals surface area contributed by atoms with Crippen molar-refractivity contribution in [3.8, 4) is 17.0 Å². The zero-order valence-electron chi connectivity index (χ0n) is 22.4. The normalized spacial score (nSPS) is 16.1. The minimum Gasteiger partial charge on any atom is -0.497 e. The van der Waals surface area contributed by atoms with Crippen molar-refractivity contribution in [2.45, 2.75) is 67.2 Å². The number of hydrogen-bond acceptors (Lipinski definition) is 7. The Balaban J connectivity index is 0.00000280. The van der Waals surface area contributed by atoms with E-state index in [1.165, 1.54) is 0 Å². The Hall–Kier alpha value is -3.36. The molecule has 1 aliphatic heterocycles. The quantitative estimate of drug-likeness (QED) is 0.280. The third-order valence-electron chi connectivity index (χ3n) is 6.57. The van der Waals surface area contributed by atoms with Crippen LogP contribution in [0.1, 0.15) is 52.6 Å². The SMILES string of the molecule is C.C.CCO[C@H]1CN(C(=O)OCc2ccccc2)C[C@H]1Nc1nc(CC)c(-c2ccc(OC)cc2Cl)nc1CC. The lowest BCUT2D eigenvalue weighted by molar-refractivity contribution is 0.0580. The van der Waals surface area contributed by atoms with Crippen LogP contribution in [-0.2, 0) is 28.9 Å². The molecule has 3 aromatic rings. The molecule has 40 heavy (non-hydrogen) atoms. The van der Waals surface area contributed by atoms with Gasteiger partial charge in [-0.3, -0.25) is 0 Å². The van der Waals surface area contributed by atoms with Crippen LogP contribution in [0.25, 0.3) is 11.3 Å². The number of rotatable bonds is 10. The van der Waals surface area contributed by atoms with Gasteiger partial charge in [-0.05, 0) is 43.5 Å². The second kappa shape index (κ2) is 15.4. The highest BCUT2D eigenvalue weighted by Gasteiger charge is 2.37. The number of carbonyl (C=O) groups is 1. The van der Waals surface area contributed by atoms with Gasteiger partial charge in [-0.15, -0.1) is 0 Å². The average Bonchev–Trinajstić information content (AvgIpc) is 3.34. The van der Waals surface area contributed by atoms with E-state index in [1.54, 1.807) is 18.1 Å². The van der Waals surface area contributed by atoms with Crippen LogP contribution >= 0.6 is 11.6 Å². The Labute approximate surface area is 244 Å². The largest absolute Gasteiger partial charge is 0.497 e. The van der Waals surface area contributed by atoms with E-state index < -0.39 is 0 Å². The number of ether oxygens (including phenoxy) is 3. The average molecular weight is 571 g/mol. The lowest BCUT2D eigenvalue weighted by Crippen LogP contribution is -2.35. The van der Waals surface area contributed by atoms with Crippen LogP contribution in [0, 0.1) is 0 Å². The molecule has 2 aromatic carbocycles. The van der Waals surface area contributed by atoms with Gasteiger partial charge in [-0.25, -0.2) is 14.8 Å². The first-order valence-corrected chi connectivity index (χ1v) is 13.4. The summed E-state index contributed by atoms with van der Waals surface area (Å²) in [6, 6.07) is 15.1. The summed E-state index contributed by atoms with van der Waals surface area (Å²) in [4.78, 5) is 24.5. The third-order valence-corrected chi connectivity index (χ3v) is 6.89. The maximum absolute atomic E-state index is 12.8. The van der Waals surface area contributed by atoms with Crippen LogP contribution in [-0.4, -0.2) is 59.9 Å². The summed E-state index contributed by atoms with van der Waals surface area (Å²) in [6.45, 7) is 7.69. The Morgan fingerprint density at radius 1 is 1.02 bits per heavy atom. The van der Waals surface area contributed by atoms with Gasteiger partial charge in [0.1, 0.15) is 18.2 Å². The monoisotopic (exact) mass is 570 g/mol. The lowest BCUT2D eigenvalue weighted by Gasteiger charge is -2.22. The highest BCUT2D eigenvalue weighted by Crippen LogP contribution is 2.33. The van der Waals surface area contributed by atoms with Crippen LogP contribution in [0.4, 0.5) is 10.6 Å². The molecule has 0 bridgehead atoms. The number of aromatic nitrogens is 2. The number of likely N-dealkylation sites (tertiary alicyclic amines) is 1. The summed E-state index contributed by atoms with van der Waals surface area (Å²) in [5.41, 5.74) is 4.19. The Morgan fingerprint density at radius 3 is 2.38 bits per heavy atom. The van der Waals surface area contributed by atoms with E-state index in [4.69, 9.17) is 35.8 Å². The Bertz CT molecular complexity index is 1240. The van der Waals surface area contributed by atoms with Crippen LogP contribution in [0.5, 0.6) is 5.75 Å². The molecule has 1 amide bonds. The Morgan fingerprint density at radius 2 is 1.75 bits per heavy atom. The van der Waals surface area contributed by atoms with E-state index in [0.717, 1.165) is 28.2 Å². The second-order valence-electron chi connectivity index (χ2n) is 9.06. The Kier molecular flexibility index (Phi) is 12.7. The minimum atomic E-state index is -0.358. The van der Waals surface area contributed by atoms with E-state index in [0.29, 0.717) is 49.1 Å². The number of aryl methyl sites for hydroxylation is 2. The minimum absolute atomic E-state index is 0. The molecule has 0 radical (unpaired) electrons. The van der Waals surface area contributed by atoms with Crippen LogP contribution in [0.15, 0.2) is 48.5 Å². The van der Waals surface area contributed by atoms with Crippen molar-refractivity contribution in [3.63, 3.8) is 0 Å². The van der Waals surface area contributed by atoms with Crippen LogP contribution in [0.2, 0.25) is 5.02 Å². The van der Waals surface area contributed by atoms with Gasteiger partial charge >= 0.3 is 6.09 Å². The lowest BCUT2D eigenvalue weighted by atomic mass is 10.1. The van der Waals surface area contributed by atoms with Gasteiger partial charge in [0, 0.05) is 18.7 Å². The summed E-state index contributed by atoms with van der Waals surface area (Å²) in [7, 11) is 1.61. The zero-order valence-corrected chi connectivity index (χ0v) is 23.1. The molecule has 9 heteroatoms. The van der Waals surface area contributed by atoms with E-state index >= 15 is 0 Å². The molecule has 1 N–H and O–H groups in total. The number of methoxy groups -OCH3 is 1. The molecule has 1 saturated heterocycles. The van der Waals surface area contributed by atoms with E-state index in [9.17, 15) is 4.79 Å². The smallest absolute Gasteiger partial charge is 0.410 e. The molecule has 0 spiro atoms. The van der Waals surface area contributed by atoms with Crippen molar-refractivity contribution in [1.82, 2.24) is 14.9 Å². The van der Waals surface area contributed by atoms with E-state index in [-0.39, 0.29) is 39.7 Å². The number of nitrogens with zero attached hydrogens (tertiary/aromatic N) is 3. The number of benzene rings is 2. The van der Waals surface area contributed by atoms with Gasteiger partial charge in [0.25, 0.3) is 0 Å². The van der Waals surface area contributed by atoms with Crippen LogP contribution < -0.4 is 10.1 Å². The van der Waals surface area contributed by atoms with Crippen molar-refractivity contribution in [1.29, 1.82) is 0 Å². The molecule has 2 heterocycles. The summed E-state index contributed by atoms with van der Waals surface area (Å²) >= 11 is 6.58. The molecule has 1 aliphatic rings. The molecular formula is C31H43ClN4O4. The fourth-order valence-corrected chi connectivity index (χ4v) is 4.83. The van der Waals surface area contributed by atoms with Crippen molar-refractivity contribution in [2.24, 2.45) is 0 Å².